The van der Waals surface area contributed by atoms with Crippen molar-refractivity contribution >= 4 is 11.9 Å². The second-order valence-corrected chi connectivity index (χ2v) is 9.78. The molecule has 1 aromatic heterocycles. The Morgan fingerprint density at radius 2 is 2.00 bits per heavy atom. The van der Waals surface area contributed by atoms with E-state index in [0.717, 1.165) is 17.0 Å². The largest absolute Gasteiger partial charge is 0.383 e. The summed E-state index contributed by atoms with van der Waals surface area (Å²) in [4.78, 5) is 35.2. The predicted molar refractivity (Wildman–Crippen MR) is 144 cm³/mol. The normalized spacial score (nSPS) is 21.6. The number of urea groups is 1. The van der Waals surface area contributed by atoms with E-state index in [2.05, 4.69) is 20.5 Å². The molecule has 2 N–H and O–H groups in total. The molecule has 3 heterocycles. The van der Waals surface area contributed by atoms with Crippen LogP contribution in [0.3, 0.4) is 0 Å². The maximum atomic E-state index is 14.8. The van der Waals surface area contributed by atoms with Gasteiger partial charge in [-0.3, -0.25) is 19.6 Å². The van der Waals surface area contributed by atoms with Crippen LogP contribution in [0.2, 0.25) is 0 Å². The van der Waals surface area contributed by atoms with Gasteiger partial charge in [0.05, 0.1) is 30.8 Å². The number of rotatable bonds is 8. The fourth-order valence-electron chi connectivity index (χ4n) is 5.24. The van der Waals surface area contributed by atoms with Gasteiger partial charge in [0, 0.05) is 51.1 Å². The summed E-state index contributed by atoms with van der Waals surface area (Å²) in [5, 5.41) is 6.22. The smallest absolute Gasteiger partial charge is 0.322 e. The summed E-state index contributed by atoms with van der Waals surface area (Å²) < 4.78 is 20.1. The Kier molecular flexibility index (Phi) is 9.25. The van der Waals surface area contributed by atoms with Crippen molar-refractivity contribution in [3.63, 3.8) is 0 Å². The highest BCUT2D eigenvalue weighted by Gasteiger charge is 2.43. The number of likely N-dealkylation sites (tertiary alicyclic amines) is 1. The maximum Gasteiger partial charge on any atom is 0.322 e. The molecule has 0 radical (unpaired) electrons. The minimum absolute atomic E-state index is 0.164. The molecular weight excluding hydrogens is 485 g/mol. The highest BCUT2D eigenvalue weighted by atomic mass is 19.1. The van der Waals surface area contributed by atoms with Crippen molar-refractivity contribution in [2.75, 3.05) is 39.9 Å². The number of carbonyl (C=O) groups excluding carboxylic acids is 2. The minimum Gasteiger partial charge on any atom is -0.383 e. The van der Waals surface area contributed by atoms with E-state index in [4.69, 9.17) is 4.74 Å². The van der Waals surface area contributed by atoms with Crippen LogP contribution < -0.4 is 10.6 Å². The first kappa shape index (κ1) is 27.5. The molecule has 2 aliphatic heterocycles. The summed E-state index contributed by atoms with van der Waals surface area (Å²) in [6.07, 6.45) is 7.41. The van der Waals surface area contributed by atoms with Gasteiger partial charge in [0.15, 0.2) is 0 Å². The zero-order chi connectivity index (χ0) is 27.1. The molecule has 2 aliphatic rings. The second kappa shape index (κ2) is 12.8. The van der Waals surface area contributed by atoms with Gasteiger partial charge in [0.25, 0.3) is 0 Å². The number of methoxy groups -OCH3 is 1. The number of hydrogen-bond acceptors (Lipinski definition) is 5. The van der Waals surface area contributed by atoms with Gasteiger partial charge in [0.1, 0.15) is 5.82 Å². The van der Waals surface area contributed by atoms with Crippen LogP contribution >= 0.6 is 0 Å². The molecule has 9 heteroatoms. The van der Waals surface area contributed by atoms with E-state index in [1.54, 1.807) is 31.2 Å². The molecule has 0 saturated carbocycles. The van der Waals surface area contributed by atoms with Crippen LogP contribution in [-0.2, 0) is 16.1 Å². The monoisotopic (exact) mass is 521 g/mol. The van der Waals surface area contributed by atoms with Crippen LogP contribution in [0.4, 0.5) is 9.18 Å². The molecule has 0 unspecified atom stereocenters. The Labute approximate surface area is 223 Å². The molecule has 0 bridgehead atoms. The van der Waals surface area contributed by atoms with E-state index in [1.165, 1.54) is 6.07 Å². The molecule has 38 heavy (non-hydrogen) atoms. The van der Waals surface area contributed by atoms with Crippen LogP contribution in [-0.4, -0.2) is 72.7 Å². The molecule has 1 aromatic carbocycles. The number of piperidine rings is 1. The lowest BCUT2D eigenvalue weighted by Crippen LogP contribution is -2.60. The first-order chi connectivity index (χ1) is 18.4. The Bertz CT molecular complexity index is 1190. The van der Waals surface area contributed by atoms with Crippen molar-refractivity contribution in [2.45, 2.75) is 32.4 Å². The first-order valence-electron chi connectivity index (χ1n) is 12.9. The topological polar surface area (TPSA) is 86.8 Å². The molecule has 3 amide bonds. The molecule has 4 rings (SSSR count). The molecule has 0 aliphatic carbocycles. The van der Waals surface area contributed by atoms with Crippen molar-refractivity contribution in [1.29, 1.82) is 0 Å². The van der Waals surface area contributed by atoms with E-state index < -0.39 is 17.9 Å². The van der Waals surface area contributed by atoms with Crippen molar-refractivity contribution in [3.05, 3.63) is 89.2 Å². The number of aromatic nitrogens is 1. The van der Waals surface area contributed by atoms with Gasteiger partial charge in [-0.15, -0.1) is 0 Å². The van der Waals surface area contributed by atoms with Crippen LogP contribution in [0.5, 0.6) is 0 Å². The zero-order valence-corrected chi connectivity index (χ0v) is 22.2. The molecular formula is C29H36FN5O3. The lowest BCUT2D eigenvalue weighted by atomic mass is 9.75. The number of halogens is 1. The molecule has 3 atom stereocenters. The standard InChI is InChI=1S/C29H36FN5O3/c1-20-9-5-7-14-35(20)29(37)33-26-19-34(15-16-38-3)18-24(27(26)23-11-8-12-25(30)21(23)2)28(36)32-17-22-10-4-6-13-31-22/h4-13,24,26-27H,14-19H2,1-3H3,(H,32,36)(H,33,37)/t24-,26+,27+/m0/s1. The van der Waals surface area contributed by atoms with Crippen molar-refractivity contribution in [2.24, 2.45) is 5.92 Å². The maximum absolute atomic E-state index is 14.8. The number of allylic oxidation sites excluding steroid dienone is 3. The van der Waals surface area contributed by atoms with Gasteiger partial charge >= 0.3 is 6.03 Å². The van der Waals surface area contributed by atoms with Crippen LogP contribution in [0.1, 0.15) is 29.7 Å². The van der Waals surface area contributed by atoms with Crippen molar-refractivity contribution < 1.29 is 18.7 Å². The van der Waals surface area contributed by atoms with Crippen LogP contribution in [0, 0.1) is 18.7 Å². The van der Waals surface area contributed by atoms with Gasteiger partial charge < -0.3 is 15.4 Å². The van der Waals surface area contributed by atoms with E-state index in [-0.39, 0.29) is 24.3 Å². The number of nitrogens with zero attached hydrogens (tertiary/aromatic N) is 3. The first-order valence-corrected chi connectivity index (χ1v) is 12.9. The highest BCUT2D eigenvalue weighted by Crippen LogP contribution is 2.36. The van der Waals surface area contributed by atoms with Gasteiger partial charge in [0.2, 0.25) is 5.91 Å². The molecule has 8 nitrogen and oxygen atoms in total. The molecule has 2 aromatic rings. The Morgan fingerprint density at radius 3 is 2.74 bits per heavy atom. The van der Waals surface area contributed by atoms with Gasteiger partial charge in [-0.25, -0.2) is 9.18 Å². The Hall–Kier alpha value is -3.56. The van der Waals surface area contributed by atoms with Gasteiger partial charge in [-0.05, 0) is 49.2 Å². The predicted octanol–water partition coefficient (Wildman–Crippen LogP) is 3.36. The second-order valence-electron chi connectivity index (χ2n) is 9.78. The average molecular weight is 522 g/mol. The zero-order valence-electron chi connectivity index (χ0n) is 22.2. The number of amides is 3. The van der Waals surface area contributed by atoms with Crippen molar-refractivity contribution in [1.82, 2.24) is 25.4 Å². The number of carbonyl (C=O) groups is 2. The number of pyridine rings is 1. The summed E-state index contributed by atoms with van der Waals surface area (Å²) in [6, 6.07) is 9.83. The fourth-order valence-corrected chi connectivity index (χ4v) is 5.24. The third-order valence-corrected chi connectivity index (χ3v) is 7.31. The minimum atomic E-state index is -0.534. The van der Waals surface area contributed by atoms with Crippen LogP contribution in [0.15, 0.2) is 66.5 Å². The summed E-state index contributed by atoms with van der Waals surface area (Å²) >= 11 is 0. The fraction of sp³-hybridized carbons (Fsp3) is 0.414. The SMILES string of the molecule is COCCN1C[C@H](C(=O)NCc2ccccn2)[C@@H](c2cccc(F)c2C)[C@H](NC(=O)N2CC=CC=C2C)C1. The van der Waals surface area contributed by atoms with E-state index in [1.807, 2.05) is 49.4 Å². The van der Waals surface area contributed by atoms with Gasteiger partial charge in [-0.1, -0.05) is 30.4 Å². The lowest BCUT2D eigenvalue weighted by Gasteiger charge is -2.44. The molecule has 1 saturated heterocycles. The summed E-state index contributed by atoms with van der Waals surface area (Å²) in [7, 11) is 1.64. The van der Waals surface area contributed by atoms with E-state index in [0.29, 0.717) is 38.3 Å². The highest BCUT2D eigenvalue weighted by molar-refractivity contribution is 5.81. The summed E-state index contributed by atoms with van der Waals surface area (Å²) in [5.41, 5.74) is 2.80. The molecule has 1 fully saturated rings. The number of ether oxygens (including phenoxy) is 1. The number of hydrogen-bond donors (Lipinski definition) is 2. The van der Waals surface area contributed by atoms with E-state index >= 15 is 0 Å². The molecule has 202 valence electrons. The Morgan fingerprint density at radius 1 is 1.16 bits per heavy atom. The van der Waals surface area contributed by atoms with Gasteiger partial charge in [-0.2, -0.15) is 0 Å². The molecule has 0 spiro atoms. The van der Waals surface area contributed by atoms with Crippen LogP contribution in [0.25, 0.3) is 0 Å². The lowest BCUT2D eigenvalue weighted by molar-refractivity contribution is -0.128. The average Bonchev–Trinajstić information content (AvgIpc) is 2.93. The number of nitrogens with one attached hydrogen (secondary N) is 2. The summed E-state index contributed by atoms with van der Waals surface area (Å²) in [6.45, 7) is 6.42. The quantitative estimate of drug-likeness (QED) is 0.557. The van der Waals surface area contributed by atoms with E-state index in [9.17, 15) is 14.0 Å². The summed E-state index contributed by atoms with van der Waals surface area (Å²) in [5.74, 6) is -1.46. The third kappa shape index (κ3) is 6.46. The van der Waals surface area contributed by atoms with Crippen molar-refractivity contribution in [3.8, 4) is 0 Å². The Balaban J connectivity index is 1.66. The third-order valence-electron chi connectivity index (χ3n) is 7.31. The number of benzene rings is 1.